The molecule has 0 unspecified atom stereocenters. The van der Waals surface area contributed by atoms with Crippen LogP contribution in [-0.4, -0.2) is 43.4 Å². The Balaban J connectivity index is 1.66. The maximum absolute atomic E-state index is 10.1. The molecule has 4 rings (SSSR count). The zero-order valence-corrected chi connectivity index (χ0v) is 14.6. The first-order chi connectivity index (χ1) is 11.6. The number of hydrogen-bond donors (Lipinski definition) is 1. The zero-order chi connectivity index (χ0) is 16.7. The molecule has 130 valence electrons. The Bertz CT molecular complexity index is 652. The second-order valence-corrected chi connectivity index (χ2v) is 7.53. The van der Waals surface area contributed by atoms with Crippen molar-refractivity contribution < 1.29 is 14.6 Å². The van der Waals surface area contributed by atoms with Crippen molar-refractivity contribution in [1.29, 1.82) is 0 Å². The number of methoxy groups -OCH3 is 1. The Morgan fingerprint density at radius 3 is 2.79 bits per heavy atom. The third-order valence-corrected chi connectivity index (χ3v) is 5.88. The molecule has 1 aliphatic heterocycles. The lowest BCUT2D eigenvalue weighted by Gasteiger charge is -2.37. The number of aliphatic hydroxyl groups excluding tert-OH is 1. The first-order valence-electron chi connectivity index (χ1n) is 9.05. The number of fused-ring (bicyclic) bond motifs is 1. The molecule has 0 radical (unpaired) electrons. The van der Waals surface area contributed by atoms with Crippen molar-refractivity contribution in [3.63, 3.8) is 0 Å². The molecule has 1 N–H and O–H groups in total. The molecule has 4 heteroatoms. The predicted octanol–water partition coefficient (Wildman–Crippen LogP) is 3.10. The second-order valence-electron chi connectivity index (χ2n) is 7.53. The van der Waals surface area contributed by atoms with Gasteiger partial charge in [0.1, 0.15) is 0 Å². The van der Waals surface area contributed by atoms with Crippen molar-refractivity contribution in [3.05, 3.63) is 35.5 Å². The molecule has 1 saturated carbocycles. The largest absolute Gasteiger partial charge is 0.493 e. The van der Waals surface area contributed by atoms with Gasteiger partial charge in [0.05, 0.1) is 19.8 Å². The van der Waals surface area contributed by atoms with Crippen molar-refractivity contribution in [3.8, 4) is 11.5 Å². The lowest BCUT2D eigenvalue weighted by atomic mass is 9.70. The van der Waals surface area contributed by atoms with Gasteiger partial charge in [-0.15, -0.1) is 0 Å². The molecule has 2 atom stereocenters. The van der Waals surface area contributed by atoms with Gasteiger partial charge in [-0.3, -0.25) is 0 Å². The molecule has 3 aliphatic rings. The highest BCUT2D eigenvalue weighted by molar-refractivity contribution is 5.49. The summed E-state index contributed by atoms with van der Waals surface area (Å²) in [5.74, 6) is 2.39. The Morgan fingerprint density at radius 1 is 1.21 bits per heavy atom. The van der Waals surface area contributed by atoms with Crippen LogP contribution in [0.15, 0.2) is 30.0 Å². The van der Waals surface area contributed by atoms with E-state index in [-0.39, 0.29) is 11.5 Å². The first kappa shape index (κ1) is 15.8. The molecule has 0 amide bonds. The second kappa shape index (κ2) is 5.99. The quantitative estimate of drug-likeness (QED) is 0.901. The molecular weight excluding hydrogens is 302 g/mol. The molecule has 2 fully saturated rings. The van der Waals surface area contributed by atoms with Crippen LogP contribution < -0.4 is 9.47 Å². The van der Waals surface area contributed by atoms with Gasteiger partial charge in [0, 0.05) is 24.7 Å². The van der Waals surface area contributed by atoms with E-state index in [9.17, 15) is 5.11 Å². The van der Waals surface area contributed by atoms with E-state index < -0.39 is 0 Å². The lowest BCUT2D eigenvalue weighted by Crippen LogP contribution is -2.33. The average Bonchev–Trinajstić information content (AvgIpc) is 3.37. The van der Waals surface area contributed by atoms with Gasteiger partial charge in [0.2, 0.25) is 0 Å². The predicted molar refractivity (Wildman–Crippen MR) is 93.5 cm³/mol. The van der Waals surface area contributed by atoms with E-state index in [0.717, 1.165) is 49.8 Å². The van der Waals surface area contributed by atoms with Crippen LogP contribution in [0.25, 0.3) is 0 Å². The smallest absolute Gasteiger partial charge is 0.161 e. The number of ether oxygens (including phenoxy) is 2. The van der Waals surface area contributed by atoms with Gasteiger partial charge >= 0.3 is 0 Å². The Morgan fingerprint density at radius 2 is 2.04 bits per heavy atom. The van der Waals surface area contributed by atoms with Crippen LogP contribution in [0.4, 0.5) is 0 Å². The highest BCUT2D eigenvalue weighted by atomic mass is 16.5. The van der Waals surface area contributed by atoms with Crippen molar-refractivity contribution in [2.45, 2.75) is 43.6 Å². The van der Waals surface area contributed by atoms with Gasteiger partial charge < -0.3 is 19.5 Å². The first-order valence-corrected chi connectivity index (χ1v) is 9.05. The monoisotopic (exact) mass is 329 g/mol. The topological polar surface area (TPSA) is 41.9 Å². The average molecular weight is 329 g/mol. The van der Waals surface area contributed by atoms with E-state index in [1.165, 1.54) is 24.1 Å². The Labute approximate surface area is 144 Å². The fraction of sp³-hybridized carbons (Fsp3) is 0.600. The Kier molecular flexibility index (Phi) is 3.95. The van der Waals surface area contributed by atoms with Crippen LogP contribution in [0.3, 0.4) is 0 Å². The normalized spacial score (nSPS) is 29.2. The van der Waals surface area contributed by atoms with Gasteiger partial charge in [0.25, 0.3) is 0 Å². The van der Waals surface area contributed by atoms with E-state index in [1.54, 1.807) is 7.11 Å². The number of likely N-dealkylation sites (N-methyl/N-ethyl adjacent to an activating group) is 1. The summed E-state index contributed by atoms with van der Waals surface area (Å²) in [6.07, 6.45) is 7.18. The number of hydrogen-bond acceptors (Lipinski definition) is 4. The van der Waals surface area contributed by atoms with Crippen LogP contribution >= 0.6 is 0 Å². The number of benzene rings is 1. The number of nitrogens with zero attached hydrogens (tertiary/aromatic N) is 1. The fourth-order valence-corrected chi connectivity index (χ4v) is 4.19. The van der Waals surface area contributed by atoms with Crippen molar-refractivity contribution in [2.75, 3.05) is 27.3 Å². The number of aliphatic hydroxyl groups is 1. The molecule has 0 spiro atoms. The number of allylic oxidation sites excluding steroid dienone is 1. The minimum Gasteiger partial charge on any atom is -0.493 e. The summed E-state index contributed by atoms with van der Waals surface area (Å²) >= 11 is 0. The van der Waals surface area contributed by atoms with Crippen molar-refractivity contribution >= 4 is 0 Å². The van der Waals surface area contributed by atoms with Crippen molar-refractivity contribution in [1.82, 2.24) is 4.90 Å². The summed E-state index contributed by atoms with van der Waals surface area (Å²) in [6.45, 7) is 1.82. The van der Waals surface area contributed by atoms with Crippen LogP contribution in [0, 0.1) is 5.92 Å². The highest BCUT2D eigenvalue weighted by Gasteiger charge is 2.45. The van der Waals surface area contributed by atoms with Gasteiger partial charge in [0.15, 0.2) is 11.5 Å². The molecule has 0 aromatic heterocycles. The van der Waals surface area contributed by atoms with E-state index in [2.05, 4.69) is 30.1 Å². The molecule has 24 heavy (non-hydrogen) atoms. The summed E-state index contributed by atoms with van der Waals surface area (Å²) in [4.78, 5) is 2.28. The van der Waals surface area contributed by atoms with Gasteiger partial charge in [-0.1, -0.05) is 6.07 Å². The summed E-state index contributed by atoms with van der Waals surface area (Å²) in [6, 6.07) is 6.40. The van der Waals surface area contributed by atoms with Gasteiger partial charge in [-0.25, -0.2) is 0 Å². The minimum absolute atomic E-state index is 0.0102. The van der Waals surface area contributed by atoms with E-state index >= 15 is 0 Å². The molecule has 0 bridgehead atoms. The fourth-order valence-electron chi connectivity index (χ4n) is 4.19. The highest BCUT2D eigenvalue weighted by Crippen LogP contribution is 2.50. The molecule has 2 aliphatic carbocycles. The van der Waals surface area contributed by atoms with Gasteiger partial charge in [-0.2, -0.15) is 0 Å². The van der Waals surface area contributed by atoms with Crippen LogP contribution in [0.1, 0.15) is 37.7 Å². The maximum Gasteiger partial charge on any atom is 0.161 e. The van der Waals surface area contributed by atoms with E-state index in [4.69, 9.17) is 9.47 Å². The minimum atomic E-state index is -0.322. The standard InChI is InChI=1S/C20H27NO3/c1-21-10-9-20(8-7-16(22)12-19(20)21)15-5-6-17(18(11-15)23-2)24-13-14-3-4-14/h5-6,11-12,14,16,22H,3-4,7-10,13H2,1-2H3/t16-,20+/m1/s1. The third kappa shape index (κ3) is 2.67. The molecule has 1 saturated heterocycles. The maximum atomic E-state index is 10.1. The van der Waals surface area contributed by atoms with Gasteiger partial charge in [-0.05, 0) is 61.8 Å². The van der Waals surface area contributed by atoms with Crippen LogP contribution in [0.2, 0.25) is 0 Å². The SMILES string of the molecule is COc1cc([C@@]23CC[C@@H](O)C=C2N(C)CC3)ccc1OCC1CC1. The van der Waals surface area contributed by atoms with E-state index in [0.29, 0.717) is 0 Å². The molecule has 1 aromatic rings. The summed E-state index contributed by atoms with van der Waals surface area (Å²) in [7, 11) is 3.83. The number of likely N-dealkylation sites (tertiary alicyclic amines) is 1. The summed E-state index contributed by atoms with van der Waals surface area (Å²) < 4.78 is 11.6. The number of rotatable bonds is 5. The van der Waals surface area contributed by atoms with Crippen LogP contribution in [0.5, 0.6) is 11.5 Å². The summed E-state index contributed by atoms with van der Waals surface area (Å²) in [5.41, 5.74) is 2.55. The Hall–Kier alpha value is -1.68. The van der Waals surface area contributed by atoms with Crippen molar-refractivity contribution in [2.24, 2.45) is 5.92 Å². The summed E-state index contributed by atoms with van der Waals surface area (Å²) in [5, 5.41) is 10.1. The van der Waals surface area contributed by atoms with E-state index in [1.807, 2.05) is 6.08 Å². The lowest BCUT2D eigenvalue weighted by molar-refractivity contribution is 0.181. The molecule has 1 heterocycles. The molecule has 1 aromatic carbocycles. The molecular formula is C20H27NO3. The van der Waals surface area contributed by atoms with Crippen LogP contribution in [-0.2, 0) is 5.41 Å². The molecule has 4 nitrogen and oxygen atoms in total. The zero-order valence-electron chi connectivity index (χ0n) is 14.6. The third-order valence-electron chi connectivity index (χ3n) is 5.88.